The number of nitrogens with one attached hydrogen (secondary N) is 2. The predicted octanol–water partition coefficient (Wildman–Crippen LogP) is 4.14. The Morgan fingerprint density at radius 3 is 2.75 bits per heavy atom. The summed E-state index contributed by atoms with van der Waals surface area (Å²) in [6, 6.07) is 8.96. The minimum absolute atomic E-state index is 0.0475. The molecule has 1 aliphatic heterocycles. The number of nitrogens with two attached hydrogens (primary N) is 1. The molecule has 11 nitrogen and oxygen atoms in total. The molecule has 3 aromatic rings. The van der Waals surface area contributed by atoms with Gasteiger partial charge >= 0.3 is 0 Å². The van der Waals surface area contributed by atoms with E-state index in [2.05, 4.69) is 46.9 Å². The maximum atomic E-state index is 13.2. The summed E-state index contributed by atoms with van der Waals surface area (Å²) in [6.07, 6.45) is 3.71. The van der Waals surface area contributed by atoms with Gasteiger partial charge in [-0.05, 0) is 55.2 Å². The highest BCUT2D eigenvalue weighted by molar-refractivity contribution is 9.10. The molecule has 0 radical (unpaired) electrons. The van der Waals surface area contributed by atoms with E-state index in [0.717, 1.165) is 26.7 Å². The van der Waals surface area contributed by atoms with Crippen LogP contribution in [0.1, 0.15) is 39.2 Å². The molecule has 0 spiro atoms. The van der Waals surface area contributed by atoms with Crippen LogP contribution in [0.2, 0.25) is 5.15 Å². The zero-order chi connectivity index (χ0) is 25.4. The maximum Gasteiger partial charge on any atom is 0.268 e. The first-order valence-electron chi connectivity index (χ1n) is 10.8. The highest BCUT2D eigenvalue weighted by Gasteiger charge is 2.29. The molecule has 2 aromatic heterocycles. The number of aromatic amines is 1. The number of H-pyrrole nitrogens is 1. The summed E-state index contributed by atoms with van der Waals surface area (Å²) in [7, 11) is 0. The van der Waals surface area contributed by atoms with Crippen LogP contribution in [0.15, 0.2) is 51.7 Å². The molecule has 13 heteroatoms. The van der Waals surface area contributed by atoms with Crippen molar-refractivity contribution in [1.29, 1.82) is 0 Å². The van der Waals surface area contributed by atoms with Gasteiger partial charge in [-0.1, -0.05) is 41.8 Å². The van der Waals surface area contributed by atoms with Crippen molar-refractivity contribution in [3.8, 4) is 22.3 Å². The first kappa shape index (κ1) is 23.7. The number of aromatic nitrogens is 6. The Hall–Kier alpha value is -4.03. The van der Waals surface area contributed by atoms with Crippen molar-refractivity contribution < 1.29 is 14.0 Å². The number of imidazole rings is 1. The minimum atomic E-state index is -0.681. The van der Waals surface area contributed by atoms with Gasteiger partial charge in [0.2, 0.25) is 5.95 Å². The number of nitrogens with zero attached hydrogens (tertiary/aromatic N) is 5. The van der Waals surface area contributed by atoms with Gasteiger partial charge < -0.3 is 14.7 Å². The van der Waals surface area contributed by atoms with Gasteiger partial charge in [-0.3, -0.25) is 14.9 Å². The summed E-state index contributed by atoms with van der Waals surface area (Å²) in [4.78, 5) is 29.8. The van der Waals surface area contributed by atoms with Crippen molar-refractivity contribution in [2.45, 2.75) is 19.9 Å². The Morgan fingerprint density at radius 1 is 1.22 bits per heavy atom. The van der Waals surface area contributed by atoms with Gasteiger partial charge in [0, 0.05) is 27.6 Å². The lowest BCUT2D eigenvalue weighted by Gasteiger charge is -2.15. The zero-order valence-corrected chi connectivity index (χ0v) is 21.1. The average Bonchev–Trinajstić information content (AvgIpc) is 3.57. The predicted molar refractivity (Wildman–Crippen MR) is 135 cm³/mol. The Kier molecular flexibility index (Phi) is 6.29. The number of benzene rings is 1. The standard InChI is InChI=1S/C23H18BrClN8O3/c1-2-16-27-20(25)19(21(26)34)33(16)9-14-11-7-8-36-10-15(11)18(24)17(14)12-5-3-4-6-13(12)22(35)28-23-29-31-32-30-23/h3-8,10H,2,9H2,1H3,(H2,26,34)(H2,28,29,30,31,32,35). The van der Waals surface area contributed by atoms with Crippen LogP contribution in [-0.4, -0.2) is 42.0 Å². The molecule has 1 aliphatic carbocycles. The number of primary amides is 1. The van der Waals surface area contributed by atoms with Crippen LogP contribution >= 0.6 is 27.5 Å². The van der Waals surface area contributed by atoms with E-state index in [-0.39, 0.29) is 23.3 Å². The van der Waals surface area contributed by atoms with Crippen LogP contribution in [-0.2, 0) is 13.0 Å². The summed E-state index contributed by atoms with van der Waals surface area (Å²) in [5.74, 6) is -0.365. The van der Waals surface area contributed by atoms with E-state index in [1.165, 1.54) is 0 Å². The van der Waals surface area contributed by atoms with E-state index < -0.39 is 11.8 Å². The van der Waals surface area contributed by atoms with Crippen molar-refractivity contribution >= 4 is 45.3 Å². The molecule has 2 aliphatic rings. The van der Waals surface area contributed by atoms with Crippen molar-refractivity contribution in [3.63, 3.8) is 0 Å². The Balaban J connectivity index is 1.71. The van der Waals surface area contributed by atoms with Crippen molar-refractivity contribution in [1.82, 2.24) is 30.2 Å². The first-order valence-corrected chi connectivity index (χ1v) is 11.9. The SMILES string of the molecule is CCc1nc(Cl)c(C(N)=O)n1Cc1c2ccocc-2c(Br)c1-c1ccccc1C(=O)Nc1nnn[nH]1. The van der Waals surface area contributed by atoms with E-state index in [1.54, 1.807) is 29.2 Å². The molecule has 3 heterocycles. The van der Waals surface area contributed by atoms with Crippen molar-refractivity contribution in [2.24, 2.45) is 5.73 Å². The topological polar surface area (TPSA) is 158 Å². The van der Waals surface area contributed by atoms with Gasteiger partial charge in [0.25, 0.3) is 11.8 Å². The van der Waals surface area contributed by atoms with Crippen molar-refractivity contribution in [3.05, 3.63) is 75.1 Å². The molecular formula is C23H18BrClN8O3. The molecule has 0 fully saturated rings. The number of halogens is 2. The second kappa shape index (κ2) is 9.55. The average molecular weight is 570 g/mol. The molecule has 1 aromatic carbocycles. The molecule has 0 atom stereocenters. The van der Waals surface area contributed by atoms with Crippen LogP contribution in [0.3, 0.4) is 0 Å². The maximum absolute atomic E-state index is 13.2. The highest BCUT2D eigenvalue weighted by atomic mass is 79.9. The first-order chi connectivity index (χ1) is 17.4. The third-order valence-electron chi connectivity index (χ3n) is 5.76. The summed E-state index contributed by atoms with van der Waals surface area (Å²) in [5, 5.41) is 15.9. The van der Waals surface area contributed by atoms with Gasteiger partial charge in [0.1, 0.15) is 11.5 Å². The van der Waals surface area contributed by atoms with E-state index in [4.69, 9.17) is 21.8 Å². The number of carbonyl (C=O) groups is 2. The number of rotatable bonds is 7. The van der Waals surface area contributed by atoms with Gasteiger partial charge in [-0.2, -0.15) is 0 Å². The third-order valence-corrected chi connectivity index (χ3v) is 6.85. The Bertz CT molecular complexity index is 1560. The van der Waals surface area contributed by atoms with Crippen LogP contribution in [0.5, 0.6) is 0 Å². The highest BCUT2D eigenvalue weighted by Crippen LogP contribution is 2.47. The van der Waals surface area contributed by atoms with Crippen LogP contribution in [0, 0.1) is 0 Å². The number of anilines is 1. The van der Waals surface area contributed by atoms with E-state index in [0.29, 0.717) is 23.4 Å². The van der Waals surface area contributed by atoms with Crippen LogP contribution in [0.25, 0.3) is 22.3 Å². The summed E-state index contributed by atoms with van der Waals surface area (Å²) in [6.45, 7) is 2.14. The number of carbonyl (C=O) groups excluding carboxylic acids is 2. The fourth-order valence-corrected chi connectivity index (χ4v) is 5.29. The lowest BCUT2D eigenvalue weighted by atomic mass is 9.97. The summed E-state index contributed by atoms with van der Waals surface area (Å²) < 4.78 is 7.87. The Morgan fingerprint density at radius 2 is 2.03 bits per heavy atom. The van der Waals surface area contributed by atoms with Gasteiger partial charge in [-0.25, -0.2) is 10.1 Å². The van der Waals surface area contributed by atoms with E-state index >= 15 is 0 Å². The Labute approximate surface area is 217 Å². The fraction of sp³-hybridized carbons (Fsp3) is 0.130. The molecule has 182 valence electrons. The fourth-order valence-electron chi connectivity index (χ4n) is 4.23. The molecule has 0 saturated heterocycles. The largest absolute Gasteiger partial charge is 0.472 e. The molecule has 2 amide bonds. The summed E-state index contributed by atoms with van der Waals surface area (Å²) >= 11 is 9.99. The molecule has 5 rings (SSSR count). The second-order valence-electron chi connectivity index (χ2n) is 7.77. The molecule has 36 heavy (non-hydrogen) atoms. The molecular weight excluding hydrogens is 552 g/mol. The third kappa shape index (κ3) is 4.03. The van der Waals surface area contributed by atoms with Crippen molar-refractivity contribution in [2.75, 3.05) is 5.32 Å². The van der Waals surface area contributed by atoms with Gasteiger partial charge in [0.15, 0.2) is 5.15 Å². The number of tetrazole rings is 1. The molecule has 0 saturated carbocycles. The zero-order valence-electron chi connectivity index (χ0n) is 18.7. The number of fused-ring (bicyclic) bond motifs is 1. The molecule has 4 N–H and O–H groups in total. The number of aryl methyl sites for hydroxylation is 1. The smallest absolute Gasteiger partial charge is 0.268 e. The number of hydrogen-bond acceptors (Lipinski definition) is 7. The number of amides is 2. The molecule has 0 unspecified atom stereocenters. The van der Waals surface area contributed by atoms with Crippen LogP contribution < -0.4 is 11.1 Å². The second-order valence-corrected chi connectivity index (χ2v) is 8.92. The lowest BCUT2D eigenvalue weighted by Crippen LogP contribution is -2.19. The van der Waals surface area contributed by atoms with Gasteiger partial charge in [0.05, 0.1) is 19.1 Å². The normalized spacial score (nSPS) is 11.2. The van der Waals surface area contributed by atoms with E-state index in [9.17, 15) is 9.59 Å². The number of hydrogen-bond donors (Lipinski definition) is 3. The van der Waals surface area contributed by atoms with Crippen LogP contribution in [0.4, 0.5) is 5.95 Å². The van der Waals surface area contributed by atoms with E-state index in [1.807, 2.05) is 25.1 Å². The van der Waals surface area contributed by atoms with Gasteiger partial charge in [-0.15, -0.1) is 0 Å². The quantitative estimate of drug-likeness (QED) is 0.266. The molecule has 0 bridgehead atoms. The monoisotopic (exact) mass is 568 g/mol. The summed E-state index contributed by atoms with van der Waals surface area (Å²) in [5.41, 5.74) is 10.0. The lowest BCUT2D eigenvalue weighted by molar-refractivity contribution is 0.0989. The minimum Gasteiger partial charge on any atom is -0.472 e.